The maximum absolute atomic E-state index is 13.8. The highest BCUT2D eigenvalue weighted by Gasteiger charge is 2.25. The van der Waals surface area contributed by atoms with Crippen molar-refractivity contribution in [2.24, 2.45) is 11.0 Å². The van der Waals surface area contributed by atoms with Crippen molar-refractivity contribution in [1.82, 2.24) is 10.7 Å². The molecule has 2 N–H and O–H groups in total. The van der Waals surface area contributed by atoms with Crippen molar-refractivity contribution in [2.75, 3.05) is 14.2 Å². The lowest BCUT2D eigenvalue weighted by molar-refractivity contribution is -0.123. The van der Waals surface area contributed by atoms with E-state index in [4.69, 9.17) is 9.47 Å². The Hall–Kier alpha value is -2.94. The average Bonchev–Trinajstić information content (AvgIpc) is 2.72. The molecular formula is C21H23BrFN3O4. The lowest BCUT2D eigenvalue weighted by atomic mass is 10.0. The van der Waals surface area contributed by atoms with Crippen molar-refractivity contribution in [3.05, 3.63) is 57.8 Å². The molecule has 0 aromatic heterocycles. The molecule has 0 saturated heterocycles. The highest BCUT2D eigenvalue weighted by Crippen LogP contribution is 2.32. The number of amides is 2. The Balaban J connectivity index is 2.10. The molecule has 1 unspecified atom stereocenters. The minimum Gasteiger partial charge on any atom is -0.493 e. The summed E-state index contributed by atoms with van der Waals surface area (Å²) < 4.78 is 25.0. The molecule has 160 valence electrons. The highest BCUT2D eigenvalue weighted by molar-refractivity contribution is 9.10. The summed E-state index contributed by atoms with van der Waals surface area (Å²) in [5.74, 6) is -1.05. The number of carbonyl (C=O) groups excluding carboxylic acids is 2. The predicted molar refractivity (Wildman–Crippen MR) is 115 cm³/mol. The number of hydrogen-bond acceptors (Lipinski definition) is 5. The number of ether oxygens (including phenoxy) is 2. The average molecular weight is 480 g/mol. The maximum atomic E-state index is 13.8. The van der Waals surface area contributed by atoms with Crippen molar-refractivity contribution >= 4 is 34.0 Å². The summed E-state index contributed by atoms with van der Waals surface area (Å²) in [6.07, 6.45) is 1.43. The zero-order valence-electron chi connectivity index (χ0n) is 17.0. The molecular weight excluding hydrogens is 457 g/mol. The van der Waals surface area contributed by atoms with Gasteiger partial charge in [0.1, 0.15) is 11.9 Å². The number of benzene rings is 2. The molecule has 2 aromatic carbocycles. The van der Waals surface area contributed by atoms with Gasteiger partial charge in [-0.3, -0.25) is 9.59 Å². The summed E-state index contributed by atoms with van der Waals surface area (Å²) in [7, 11) is 3.04. The van der Waals surface area contributed by atoms with Crippen molar-refractivity contribution in [1.29, 1.82) is 0 Å². The molecule has 0 aliphatic heterocycles. The van der Waals surface area contributed by atoms with Gasteiger partial charge >= 0.3 is 0 Å². The van der Waals surface area contributed by atoms with Gasteiger partial charge in [0.15, 0.2) is 11.5 Å². The number of nitrogens with zero attached hydrogens (tertiary/aromatic N) is 1. The molecule has 2 amide bonds. The van der Waals surface area contributed by atoms with E-state index in [1.54, 1.807) is 32.0 Å². The molecule has 0 heterocycles. The summed E-state index contributed by atoms with van der Waals surface area (Å²) in [5.41, 5.74) is 2.92. The summed E-state index contributed by atoms with van der Waals surface area (Å²) in [5, 5.41) is 6.51. The predicted octanol–water partition coefficient (Wildman–Crippen LogP) is 3.51. The van der Waals surface area contributed by atoms with E-state index in [0.29, 0.717) is 21.5 Å². The number of hydrogen-bond donors (Lipinski definition) is 2. The molecule has 0 saturated carbocycles. The number of carbonyl (C=O) groups is 2. The Bertz CT molecular complexity index is 950. The van der Waals surface area contributed by atoms with Crippen LogP contribution in [0.2, 0.25) is 0 Å². The van der Waals surface area contributed by atoms with Crippen LogP contribution in [0.25, 0.3) is 0 Å². The maximum Gasteiger partial charge on any atom is 0.262 e. The number of halogens is 2. The smallest absolute Gasteiger partial charge is 0.262 e. The van der Waals surface area contributed by atoms with Crippen LogP contribution in [0.1, 0.15) is 29.8 Å². The summed E-state index contributed by atoms with van der Waals surface area (Å²) in [6.45, 7) is 3.53. The topological polar surface area (TPSA) is 89.0 Å². The Kier molecular flexibility index (Phi) is 8.35. The first-order valence-electron chi connectivity index (χ1n) is 9.08. The van der Waals surface area contributed by atoms with E-state index < -0.39 is 23.7 Å². The van der Waals surface area contributed by atoms with Gasteiger partial charge in [-0.2, -0.15) is 5.10 Å². The first-order valence-corrected chi connectivity index (χ1v) is 9.87. The molecule has 0 radical (unpaired) electrons. The molecule has 9 heteroatoms. The lowest BCUT2D eigenvalue weighted by Crippen LogP contribution is -2.48. The third kappa shape index (κ3) is 5.79. The fraction of sp³-hybridized carbons (Fsp3) is 0.286. The van der Waals surface area contributed by atoms with Crippen molar-refractivity contribution in [2.45, 2.75) is 19.9 Å². The lowest BCUT2D eigenvalue weighted by Gasteiger charge is -2.20. The van der Waals surface area contributed by atoms with Crippen LogP contribution >= 0.6 is 15.9 Å². The van der Waals surface area contributed by atoms with Gasteiger partial charge in [0.05, 0.1) is 26.0 Å². The van der Waals surface area contributed by atoms with E-state index in [-0.39, 0.29) is 11.5 Å². The van der Waals surface area contributed by atoms with E-state index in [9.17, 15) is 14.0 Å². The summed E-state index contributed by atoms with van der Waals surface area (Å²) in [6, 6.07) is 8.08. The van der Waals surface area contributed by atoms with Crippen LogP contribution in [0.4, 0.5) is 4.39 Å². The second-order valence-electron chi connectivity index (χ2n) is 6.64. The molecule has 0 fully saturated rings. The van der Waals surface area contributed by atoms with Crippen molar-refractivity contribution < 1.29 is 23.5 Å². The standard InChI is InChI=1S/C21H23BrFN3O4/c1-12(2)19(25-20(27)14-7-5-6-8-16(14)23)21(28)26-24-11-13-9-17(29-3)18(30-4)10-15(13)22/h5-12,19H,1-4H3,(H,25,27)(H,26,28)/b24-11+. The summed E-state index contributed by atoms with van der Waals surface area (Å²) >= 11 is 3.40. The Morgan fingerprint density at radius 3 is 2.37 bits per heavy atom. The Morgan fingerprint density at radius 2 is 1.77 bits per heavy atom. The quantitative estimate of drug-likeness (QED) is 0.447. The number of hydrazone groups is 1. The largest absolute Gasteiger partial charge is 0.493 e. The van der Waals surface area contributed by atoms with Gasteiger partial charge in [-0.05, 0) is 46.1 Å². The summed E-state index contributed by atoms with van der Waals surface area (Å²) in [4.78, 5) is 24.9. The van der Waals surface area contributed by atoms with Gasteiger partial charge in [-0.15, -0.1) is 0 Å². The number of rotatable bonds is 8. The molecule has 0 aliphatic carbocycles. The SMILES string of the molecule is COc1cc(Br)c(/C=N/NC(=O)C(NC(=O)c2ccccc2F)C(C)C)cc1OC. The van der Waals surface area contributed by atoms with Gasteiger partial charge in [-0.1, -0.05) is 26.0 Å². The normalized spacial score (nSPS) is 12.0. The van der Waals surface area contributed by atoms with Crippen LogP contribution in [0, 0.1) is 11.7 Å². The van der Waals surface area contributed by atoms with E-state index in [1.807, 2.05) is 0 Å². The first-order chi connectivity index (χ1) is 14.3. The van der Waals surface area contributed by atoms with E-state index in [0.717, 1.165) is 0 Å². The Morgan fingerprint density at radius 1 is 1.13 bits per heavy atom. The number of methoxy groups -OCH3 is 2. The van der Waals surface area contributed by atoms with E-state index in [2.05, 4.69) is 31.8 Å². The van der Waals surface area contributed by atoms with Gasteiger partial charge in [0, 0.05) is 10.0 Å². The van der Waals surface area contributed by atoms with Crippen LogP contribution in [-0.4, -0.2) is 38.3 Å². The van der Waals surface area contributed by atoms with Gasteiger partial charge in [-0.25, -0.2) is 9.82 Å². The number of nitrogens with one attached hydrogen (secondary N) is 2. The highest BCUT2D eigenvalue weighted by atomic mass is 79.9. The third-order valence-corrected chi connectivity index (χ3v) is 4.92. The minimum atomic E-state index is -0.900. The van der Waals surface area contributed by atoms with Crippen LogP contribution < -0.4 is 20.2 Å². The zero-order chi connectivity index (χ0) is 22.3. The van der Waals surface area contributed by atoms with Crippen LogP contribution in [0.5, 0.6) is 11.5 Å². The molecule has 30 heavy (non-hydrogen) atoms. The van der Waals surface area contributed by atoms with Gasteiger partial charge < -0.3 is 14.8 Å². The van der Waals surface area contributed by atoms with Gasteiger partial charge in [0.25, 0.3) is 11.8 Å². The van der Waals surface area contributed by atoms with Gasteiger partial charge in [0.2, 0.25) is 0 Å². The molecule has 0 aliphatic rings. The second kappa shape index (κ2) is 10.7. The molecule has 2 rings (SSSR count). The van der Waals surface area contributed by atoms with Crippen molar-refractivity contribution in [3.8, 4) is 11.5 Å². The van der Waals surface area contributed by atoms with E-state index in [1.165, 1.54) is 38.6 Å². The van der Waals surface area contributed by atoms with Crippen molar-refractivity contribution in [3.63, 3.8) is 0 Å². The molecule has 0 spiro atoms. The second-order valence-corrected chi connectivity index (χ2v) is 7.49. The molecule has 7 nitrogen and oxygen atoms in total. The molecule has 2 aromatic rings. The fourth-order valence-electron chi connectivity index (χ4n) is 2.60. The molecule has 0 bridgehead atoms. The monoisotopic (exact) mass is 479 g/mol. The van der Waals surface area contributed by atoms with Crippen LogP contribution in [0.3, 0.4) is 0 Å². The Labute approximate surface area is 182 Å². The van der Waals surface area contributed by atoms with Crippen LogP contribution in [0.15, 0.2) is 46.0 Å². The molecule has 1 atom stereocenters. The zero-order valence-corrected chi connectivity index (χ0v) is 18.6. The van der Waals surface area contributed by atoms with Crippen LogP contribution in [-0.2, 0) is 4.79 Å². The first kappa shape index (κ1) is 23.3. The third-order valence-electron chi connectivity index (χ3n) is 4.24. The van der Waals surface area contributed by atoms with E-state index >= 15 is 0 Å². The minimum absolute atomic E-state index is 0.131. The fourth-order valence-corrected chi connectivity index (χ4v) is 3.03.